The van der Waals surface area contributed by atoms with Crippen molar-refractivity contribution in [2.45, 2.75) is 19.4 Å². The van der Waals surface area contributed by atoms with Crippen LogP contribution < -0.4 is 0 Å². The third-order valence-electron chi connectivity index (χ3n) is 2.39. The summed E-state index contributed by atoms with van der Waals surface area (Å²) in [6.45, 7) is 2.04. The maximum atomic E-state index is 11.0. The summed E-state index contributed by atoms with van der Waals surface area (Å²) in [5, 5.41) is 0. The third kappa shape index (κ3) is 1.57. The van der Waals surface area contributed by atoms with Gasteiger partial charge in [0.15, 0.2) is 0 Å². The van der Waals surface area contributed by atoms with Gasteiger partial charge in [0.2, 0.25) is 0 Å². The molecule has 1 aromatic rings. The molecule has 1 saturated heterocycles. The average Bonchev–Trinajstić information content (AvgIpc) is 2.47. The van der Waals surface area contributed by atoms with Gasteiger partial charge in [0, 0.05) is 5.92 Å². The van der Waals surface area contributed by atoms with Crippen molar-refractivity contribution in [2.24, 2.45) is 5.92 Å². The summed E-state index contributed by atoms with van der Waals surface area (Å²) >= 11 is 0. The van der Waals surface area contributed by atoms with Gasteiger partial charge in [0.1, 0.15) is 6.10 Å². The van der Waals surface area contributed by atoms with Gasteiger partial charge < -0.3 is 4.74 Å². The molecule has 2 heteroatoms. The predicted octanol–water partition coefficient (Wildman–Crippen LogP) is 2.31. The zero-order valence-electron chi connectivity index (χ0n) is 7.57. The lowest BCUT2D eigenvalue weighted by atomic mass is 9.97. The van der Waals surface area contributed by atoms with Gasteiger partial charge in [-0.1, -0.05) is 37.3 Å². The van der Waals surface area contributed by atoms with E-state index in [0.717, 1.165) is 5.56 Å². The number of benzene rings is 1. The first-order chi connectivity index (χ1) is 6.27. The molecular formula is C11H12O2. The number of carbonyl (C=O) groups excluding carboxylic acids is 1. The molecule has 1 heterocycles. The summed E-state index contributed by atoms with van der Waals surface area (Å²) in [5.41, 5.74) is 1.10. The molecule has 2 unspecified atom stereocenters. The quantitative estimate of drug-likeness (QED) is 0.614. The number of ether oxygens (including phenoxy) is 1. The van der Waals surface area contributed by atoms with E-state index in [-0.39, 0.29) is 12.1 Å². The molecule has 0 radical (unpaired) electrons. The number of rotatable bonds is 1. The Morgan fingerprint density at radius 2 is 2.00 bits per heavy atom. The molecule has 1 fully saturated rings. The summed E-state index contributed by atoms with van der Waals surface area (Å²) in [4.78, 5) is 11.0. The fraction of sp³-hybridized carbons (Fsp3) is 0.364. The van der Waals surface area contributed by atoms with Gasteiger partial charge in [0.05, 0.1) is 6.42 Å². The number of esters is 1. The molecule has 2 rings (SSSR count). The van der Waals surface area contributed by atoms with E-state index in [1.807, 2.05) is 37.3 Å². The first-order valence-electron chi connectivity index (χ1n) is 4.52. The topological polar surface area (TPSA) is 26.3 Å². The van der Waals surface area contributed by atoms with E-state index in [2.05, 4.69) is 0 Å². The van der Waals surface area contributed by atoms with E-state index in [4.69, 9.17) is 4.74 Å². The molecule has 1 aliphatic heterocycles. The van der Waals surface area contributed by atoms with Crippen LogP contribution in [0.25, 0.3) is 0 Å². The lowest BCUT2D eigenvalue weighted by Crippen LogP contribution is -2.03. The monoisotopic (exact) mass is 176 g/mol. The molecule has 0 aromatic heterocycles. The molecular weight excluding hydrogens is 164 g/mol. The van der Waals surface area contributed by atoms with Gasteiger partial charge in [-0.05, 0) is 5.56 Å². The van der Waals surface area contributed by atoms with E-state index in [1.54, 1.807) is 0 Å². The normalized spacial score (nSPS) is 27.3. The fourth-order valence-corrected chi connectivity index (χ4v) is 1.72. The van der Waals surface area contributed by atoms with Gasteiger partial charge in [-0.25, -0.2) is 0 Å². The van der Waals surface area contributed by atoms with E-state index in [9.17, 15) is 4.79 Å². The molecule has 13 heavy (non-hydrogen) atoms. The SMILES string of the molecule is CC1CC(=O)OC1c1ccccc1. The Kier molecular flexibility index (Phi) is 2.05. The van der Waals surface area contributed by atoms with Crippen LogP contribution in [-0.4, -0.2) is 5.97 Å². The van der Waals surface area contributed by atoms with Crippen LogP contribution in [0, 0.1) is 5.92 Å². The van der Waals surface area contributed by atoms with E-state index >= 15 is 0 Å². The molecule has 1 aliphatic rings. The first-order valence-corrected chi connectivity index (χ1v) is 4.52. The van der Waals surface area contributed by atoms with Crippen LogP contribution in [0.4, 0.5) is 0 Å². The molecule has 0 N–H and O–H groups in total. The Morgan fingerprint density at radius 1 is 1.31 bits per heavy atom. The summed E-state index contributed by atoms with van der Waals surface area (Å²) in [5.74, 6) is 0.219. The van der Waals surface area contributed by atoms with E-state index < -0.39 is 0 Å². The lowest BCUT2D eigenvalue weighted by molar-refractivity contribution is -0.141. The molecule has 1 aromatic carbocycles. The van der Waals surface area contributed by atoms with Crippen molar-refractivity contribution in [1.82, 2.24) is 0 Å². The maximum absolute atomic E-state index is 11.0. The summed E-state index contributed by atoms with van der Waals surface area (Å²) in [6.07, 6.45) is 0.508. The van der Waals surface area contributed by atoms with Gasteiger partial charge in [-0.15, -0.1) is 0 Å². The Labute approximate surface area is 77.5 Å². The molecule has 2 nitrogen and oxygen atoms in total. The number of cyclic esters (lactones) is 1. The first kappa shape index (κ1) is 8.30. The largest absolute Gasteiger partial charge is 0.457 e. The Hall–Kier alpha value is -1.31. The van der Waals surface area contributed by atoms with Crippen LogP contribution in [0.3, 0.4) is 0 Å². The van der Waals surface area contributed by atoms with Crippen LogP contribution in [0.2, 0.25) is 0 Å². The number of carbonyl (C=O) groups is 1. The summed E-state index contributed by atoms with van der Waals surface area (Å²) in [6, 6.07) is 9.90. The fourth-order valence-electron chi connectivity index (χ4n) is 1.72. The Morgan fingerprint density at radius 3 is 2.54 bits per heavy atom. The van der Waals surface area contributed by atoms with Crippen LogP contribution >= 0.6 is 0 Å². The van der Waals surface area contributed by atoms with Crippen molar-refractivity contribution in [3.63, 3.8) is 0 Å². The van der Waals surface area contributed by atoms with Gasteiger partial charge in [-0.3, -0.25) is 4.79 Å². The van der Waals surface area contributed by atoms with Crippen LogP contribution in [-0.2, 0) is 9.53 Å². The standard InChI is InChI=1S/C11H12O2/c1-8-7-10(12)13-11(8)9-5-3-2-4-6-9/h2-6,8,11H,7H2,1H3. The Bertz CT molecular complexity index is 305. The van der Waals surface area contributed by atoms with Gasteiger partial charge >= 0.3 is 5.97 Å². The highest BCUT2D eigenvalue weighted by atomic mass is 16.5. The third-order valence-corrected chi connectivity index (χ3v) is 2.39. The second-order valence-electron chi connectivity index (χ2n) is 3.50. The molecule has 2 atom stereocenters. The van der Waals surface area contributed by atoms with Crippen molar-refractivity contribution in [2.75, 3.05) is 0 Å². The molecule has 0 saturated carbocycles. The van der Waals surface area contributed by atoms with Crippen LogP contribution in [0.15, 0.2) is 30.3 Å². The highest BCUT2D eigenvalue weighted by Gasteiger charge is 2.32. The van der Waals surface area contributed by atoms with Crippen molar-refractivity contribution >= 4 is 5.97 Å². The molecule has 0 bridgehead atoms. The van der Waals surface area contributed by atoms with Gasteiger partial charge in [-0.2, -0.15) is 0 Å². The lowest BCUT2D eigenvalue weighted by Gasteiger charge is -2.13. The highest BCUT2D eigenvalue weighted by molar-refractivity contribution is 5.72. The predicted molar refractivity (Wildman–Crippen MR) is 49.1 cm³/mol. The Balaban J connectivity index is 2.23. The second-order valence-corrected chi connectivity index (χ2v) is 3.50. The average molecular weight is 176 g/mol. The maximum Gasteiger partial charge on any atom is 0.306 e. The van der Waals surface area contributed by atoms with Crippen molar-refractivity contribution in [3.8, 4) is 0 Å². The van der Waals surface area contributed by atoms with Crippen molar-refractivity contribution in [3.05, 3.63) is 35.9 Å². The van der Waals surface area contributed by atoms with Crippen LogP contribution in [0.5, 0.6) is 0 Å². The molecule has 0 spiro atoms. The minimum absolute atomic E-state index is 0.0336. The molecule has 0 amide bonds. The smallest absolute Gasteiger partial charge is 0.306 e. The molecule has 0 aliphatic carbocycles. The van der Waals surface area contributed by atoms with Crippen LogP contribution in [0.1, 0.15) is 25.0 Å². The zero-order valence-corrected chi connectivity index (χ0v) is 7.57. The number of hydrogen-bond donors (Lipinski definition) is 0. The van der Waals surface area contributed by atoms with E-state index in [0.29, 0.717) is 12.3 Å². The minimum atomic E-state index is -0.0821. The highest BCUT2D eigenvalue weighted by Crippen LogP contribution is 2.34. The summed E-state index contributed by atoms with van der Waals surface area (Å²) in [7, 11) is 0. The van der Waals surface area contributed by atoms with Crippen molar-refractivity contribution in [1.29, 1.82) is 0 Å². The zero-order chi connectivity index (χ0) is 9.26. The van der Waals surface area contributed by atoms with Crippen molar-refractivity contribution < 1.29 is 9.53 Å². The van der Waals surface area contributed by atoms with Gasteiger partial charge in [0.25, 0.3) is 0 Å². The van der Waals surface area contributed by atoms with E-state index in [1.165, 1.54) is 0 Å². The molecule has 68 valence electrons. The number of hydrogen-bond acceptors (Lipinski definition) is 2. The second kappa shape index (κ2) is 3.21. The summed E-state index contributed by atoms with van der Waals surface area (Å²) < 4.78 is 5.22. The minimum Gasteiger partial charge on any atom is -0.457 e.